The molecule has 146 valence electrons. The molecule has 0 aliphatic carbocycles. The third-order valence-corrected chi connectivity index (χ3v) is 6.12. The Hall–Kier alpha value is -2.28. The number of hydrogen-bond acceptors (Lipinski definition) is 5. The Morgan fingerprint density at radius 2 is 1.54 bits per heavy atom. The Kier molecular flexibility index (Phi) is 7.54. The summed E-state index contributed by atoms with van der Waals surface area (Å²) in [6, 6.07) is 17.5. The van der Waals surface area contributed by atoms with Crippen LogP contribution in [-0.2, 0) is 29.1 Å². The van der Waals surface area contributed by atoms with E-state index in [0.29, 0.717) is 19.5 Å². The highest BCUT2D eigenvalue weighted by molar-refractivity contribution is 7.10. The van der Waals surface area contributed by atoms with Gasteiger partial charge in [-0.2, -0.15) is 0 Å². The predicted octanol–water partition coefficient (Wildman–Crippen LogP) is 4.13. The molecular weight excluding hydrogens is 388 g/mol. The number of nitrogens with zero attached hydrogens (tertiary/aromatic N) is 1. The fourth-order valence-electron chi connectivity index (χ4n) is 3.00. The molecule has 0 spiro atoms. The number of carbonyl (C=O) groups is 2. The molecule has 28 heavy (non-hydrogen) atoms. The number of ketones is 1. The van der Waals surface area contributed by atoms with Gasteiger partial charge < -0.3 is 5.32 Å². The van der Waals surface area contributed by atoms with Crippen molar-refractivity contribution in [2.24, 2.45) is 0 Å². The van der Waals surface area contributed by atoms with E-state index in [1.807, 2.05) is 53.2 Å². The van der Waals surface area contributed by atoms with Gasteiger partial charge in [-0.15, -0.1) is 22.7 Å². The van der Waals surface area contributed by atoms with Crippen molar-refractivity contribution in [1.82, 2.24) is 10.2 Å². The lowest BCUT2D eigenvalue weighted by Gasteiger charge is -2.22. The molecule has 0 aliphatic rings. The van der Waals surface area contributed by atoms with Crippen molar-refractivity contribution in [3.05, 3.63) is 80.7 Å². The summed E-state index contributed by atoms with van der Waals surface area (Å²) in [5, 5.41) is 7.02. The molecule has 4 nitrogen and oxygen atoms in total. The lowest BCUT2D eigenvalue weighted by atomic mass is 10.0. The van der Waals surface area contributed by atoms with E-state index in [4.69, 9.17) is 0 Å². The molecule has 3 rings (SSSR count). The molecule has 0 fully saturated rings. The third kappa shape index (κ3) is 6.41. The fourth-order valence-corrected chi connectivity index (χ4v) is 4.50. The average Bonchev–Trinajstić information content (AvgIpc) is 3.36. The van der Waals surface area contributed by atoms with Crippen molar-refractivity contribution in [3.8, 4) is 0 Å². The molecule has 3 aromatic rings. The second-order valence-corrected chi connectivity index (χ2v) is 8.79. The standard InChI is InChI=1S/C22H24N2O2S2/c1-17(25)21(13-18-7-3-2-4-8-18)23-22(26)16-24(14-19-9-5-11-27-19)15-20-10-6-12-28-20/h2-12,21H,13-16H2,1H3,(H,23,26)/t21-/m1/s1. The minimum atomic E-state index is -0.500. The van der Waals surface area contributed by atoms with E-state index in [1.54, 1.807) is 22.7 Å². The molecule has 0 unspecified atom stereocenters. The SMILES string of the molecule is CC(=O)[C@@H](Cc1ccccc1)NC(=O)CN(Cc1cccs1)Cc1cccs1. The first-order valence-corrected chi connectivity index (χ1v) is 11.0. The van der Waals surface area contributed by atoms with E-state index in [0.717, 1.165) is 5.56 Å². The first kappa shape index (κ1) is 20.5. The van der Waals surface area contributed by atoms with E-state index < -0.39 is 6.04 Å². The van der Waals surface area contributed by atoms with E-state index >= 15 is 0 Å². The van der Waals surface area contributed by atoms with E-state index in [2.05, 4.69) is 22.3 Å². The van der Waals surface area contributed by atoms with Crippen molar-refractivity contribution in [2.45, 2.75) is 32.5 Å². The van der Waals surface area contributed by atoms with Crippen LogP contribution in [-0.4, -0.2) is 29.2 Å². The highest BCUT2D eigenvalue weighted by Gasteiger charge is 2.20. The van der Waals surface area contributed by atoms with Gasteiger partial charge in [0.25, 0.3) is 0 Å². The van der Waals surface area contributed by atoms with Gasteiger partial charge in [0.15, 0.2) is 5.78 Å². The second-order valence-electron chi connectivity index (χ2n) is 6.72. The summed E-state index contributed by atoms with van der Waals surface area (Å²) >= 11 is 3.37. The number of thiophene rings is 2. The molecule has 0 bridgehead atoms. The summed E-state index contributed by atoms with van der Waals surface area (Å²) in [6.07, 6.45) is 0.512. The van der Waals surface area contributed by atoms with E-state index in [9.17, 15) is 9.59 Å². The van der Waals surface area contributed by atoms with Crippen molar-refractivity contribution in [3.63, 3.8) is 0 Å². The van der Waals surface area contributed by atoms with Crippen LogP contribution in [0.3, 0.4) is 0 Å². The van der Waals surface area contributed by atoms with Crippen molar-refractivity contribution in [2.75, 3.05) is 6.54 Å². The van der Waals surface area contributed by atoms with Crippen LogP contribution in [0.25, 0.3) is 0 Å². The fraction of sp³-hybridized carbons (Fsp3) is 0.273. The molecule has 0 saturated heterocycles. The Bertz CT molecular complexity index is 825. The molecule has 1 aromatic carbocycles. The molecule has 0 aliphatic heterocycles. The van der Waals surface area contributed by atoms with E-state index in [-0.39, 0.29) is 18.2 Å². The molecule has 1 N–H and O–H groups in total. The van der Waals surface area contributed by atoms with E-state index in [1.165, 1.54) is 16.7 Å². The van der Waals surface area contributed by atoms with Gasteiger partial charge in [-0.05, 0) is 41.8 Å². The monoisotopic (exact) mass is 412 g/mol. The number of nitrogens with one attached hydrogen (secondary N) is 1. The zero-order chi connectivity index (χ0) is 19.8. The molecule has 0 radical (unpaired) electrons. The predicted molar refractivity (Wildman–Crippen MR) is 116 cm³/mol. The van der Waals surface area contributed by atoms with Gasteiger partial charge in [-0.3, -0.25) is 14.5 Å². The van der Waals surface area contributed by atoms with Gasteiger partial charge in [-0.25, -0.2) is 0 Å². The van der Waals surface area contributed by atoms with Crippen molar-refractivity contribution < 1.29 is 9.59 Å². The maximum Gasteiger partial charge on any atom is 0.234 e. The number of rotatable bonds is 10. The zero-order valence-corrected chi connectivity index (χ0v) is 17.5. The highest BCUT2D eigenvalue weighted by atomic mass is 32.1. The maximum atomic E-state index is 12.7. The third-order valence-electron chi connectivity index (χ3n) is 4.39. The maximum absolute atomic E-state index is 12.7. The largest absolute Gasteiger partial charge is 0.345 e. The molecular formula is C22H24N2O2S2. The number of amides is 1. The van der Waals surface area contributed by atoms with Gasteiger partial charge in [0.2, 0.25) is 5.91 Å². The molecule has 0 saturated carbocycles. The lowest BCUT2D eigenvalue weighted by Crippen LogP contribution is -2.45. The summed E-state index contributed by atoms with van der Waals surface area (Å²) in [5.41, 5.74) is 1.04. The van der Waals surface area contributed by atoms with Crippen LogP contribution in [0.15, 0.2) is 65.4 Å². The van der Waals surface area contributed by atoms with Crippen LogP contribution in [0.2, 0.25) is 0 Å². The minimum Gasteiger partial charge on any atom is -0.345 e. The zero-order valence-electron chi connectivity index (χ0n) is 15.8. The van der Waals surface area contributed by atoms with Crippen LogP contribution >= 0.6 is 22.7 Å². The van der Waals surface area contributed by atoms with Crippen molar-refractivity contribution >= 4 is 34.4 Å². The molecule has 1 atom stereocenters. The second kappa shape index (κ2) is 10.3. The molecule has 2 aromatic heterocycles. The number of hydrogen-bond donors (Lipinski definition) is 1. The van der Waals surface area contributed by atoms with Crippen molar-refractivity contribution in [1.29, 1.82) is 0 Å². The highest BCUT2D eigenvalue weighted by Crippen LogP contribution is 2.17. The summed E-state index contributed by atoms with van der Waals surface area (Å²) in [4.78, 5) is 29.3. The van der Waals surface area contributed by atoms with Crippen LogP contribution < -0.4 is 5.32 Å². The molecule has 2 heterocycles. The lowest BCUT2D eigenvalue weighted by molar-refractivity contribution is -0.127. The quantitative estimate of drug-likeness (QED) is 0.545. The Labute approximate surface area is 173 Å². The first-order chi connectivity index (χ1) is 13.6. The summed E-state index contributed by atoms with van der Waals surface area (Å²) in [6.45, 7) is 3.22. The van der Waals surface area contributed by atoms with Gasteiger partial charge in [-0.1, -0.05) is 42.5 Å². The topological polar surface area (TPSA) is 49.4 Å². The smallest absolute Gasteiger partial charge is 0.234 e. The number of benzene rings is 1. The number of Topliss-reactive ketones (excluding diaryl/α,β-unsaturated/α-hetero) is 1. The van der Waals surface area contributed by atoms with Crippen LogP contribution in [0.1, 0.15) is 22.2 Å². The first-order valence-electron chi connectivity index (χ1n) is 9.21. The van der Waals surface area contributed by atoms with Crippen LogP contribution in [0, 0.1) is 0 Å². The summed E-state index contributed by atoms with van der Waals surface area (Å²) < 4.78 is 0. The van der Waals surface area contributed by atoms with Gasteiger partial charge in [0.1, 0.15) is 0 Å². The Morgan fingerprint density at radius 1 is 0.929 bits per heavy atom. The summed E-state index contributed by atoms with van der Waals surface area (Å²) in [7, 11) is 0. The van der Waals surface area contributed by atoms with Crippen LogP contribution in [0.5, 0.6) is 0 Å². The normalized spacial score (nSPS) is 12.1. The average molecular weight is 413 g/mol. The van der Waals surface area contributed by atoms with Crippen LogP contribution in [0.4, 0.5) is 0 Å². The minimum absolute atomic E-state index is 0.0275. The Morgan fingerprint density at radius 3 is 2.04 bits per heavy atom. The summed E-state index contributed by atoms with van der Waals surface area (Å²) in [5.74, 6) is -0.149. The van der Waals surface area contributed by atoms with Gasteiger partial charge in [0.05, 0.1) is 12.6 Å². The number of carbonyl (C=O) groups excluding carboxylic acids is 2. The molecule has 1 amide bonds. The molecule has 6 heteroatoms. The van der Waals surface area contributed by atoms with Gasteiger partial charge in [0, 0.05) is 22.8 Å². The Balaban J connectivity index is 1.63. The van der Waals surface area contributed by atoms with Gasteiger partial charge >= 0.3 is 0 Å².